The van der Waals surface area contributed by atoms with Gasteiger partial charge in [0, 0.05) is 42.1 Å². The number of aliphatic hydroxyl groups is 1. The zero-order valence-electron chi connectivity index (χ0n) is 27.0. The van der Waals surface area contributed by atoms with Gasteiger partial charge in [0.2, 0.25) is 0 Å². The monoisotopic (exact) mass is 660 g/mol. The van der Waals surface area contributed by atoms with Crippen molar-refractivity contribution in [1.29, 1.82) is 0 Å². The zero-order chi connectivity index (χ0) is 34.1. The Balaban J connectivity index is 0.000000243. The number of ether oxygens (including phenoxy) is 1. The Bertz CT molecular complexity index is 1990. The van der Waals surface area contributed by atoms with E-state index in [1.54, 1.807) is 12.1 Å². The van der Waals surface area contributed by atoms with Gasteiger partial charge in [0.25, 0.3) is 5.91 Å². The van der Waals surface area contributed by atoms with Crippen LogP contribution in [0.25, 0.3) is 44.6 Å². The number of rotatable bonds is 8. The molecule has 10 nitrogen and oxygen atoms in total. The van der Waals surface area contributed by atoms with Crippen LogP contribution in [0.15, 0.2) is 93.8 Å². The number of hydrogen-bond donors (Lipinski definition) is 5. The van der Waals surface area contributed by atoms with E-state index in [9.17, 15) is 18.4 Å². The Labute approximate surface area is 276 Å². The molecule has 2 aromatic heterocycles. The maximum absolute atomic E-state index is 13.7. The van der Waals surface area contributed by atoms with E-state index in [-0.39, 0.29) is 17.3 Å². The van der Waals surface area contributed by atoms with E-state index >= 15 is 0 Å². The second-order valence-corrected chi connectivity index (χ2v) is 10.3. The average Bonchev–Trinajstić information content (AvgIpc) is 3.70. The van der Waals surface area contributed by atoms with Crippen LogP contribution in [0.4, 0.5) is 8.78 Å². The summed E-state index contributed by atoms with van der Waals surface area (Å²) in [7, 11) is 6.02. The number of primary amides is 1. The van der Waals surface area contributed by atoms with Gasteiger partial charge >= 0.3 is 5.97 Å². The summed E-state index contributed by atoms with van der Waals surface area (Å²) >= 11 is 0. The number of carbonyl (C=O) groups excluding carboxylic acids is 2. The van der Waals surface area contributed by atoms with Crippen molar-refractivity contribution in [3.05, 3.63) is 119 Å². The largest absolute Gasteiger partial charge is 0.465 e. The van der Waals surface area contributed by atoms with Crippen LogP contribution >= 0.6 is 0 Å². The number of amides is 1. The van der Waals surface area contributed by atoms with E-state index in [1.165, 1.54) is 19.2 Å². The third-order valence-corrected chi connectivity index (χ3v) is 7.07. The Morgan fingerprint density at radius 2 is 1.10 bits per heavy atom. The van der Waals surface area contributed by atoms with Crippen LogP contribution < -0.4 is 22.5 Å². The van der Waals surface area contributed by atoms with Crippen molar-refractivity contribution in [2.24, 2.45) is 5.73 Å². The van der Waals surface area contributed by atoms with Crippen LogP contribution in [0.3, 0.4) is 0 Å². The normalized spacial score (nSPS) is 10.4. The van der Waals surface area contributed by atoms with Gasteiger partial charge in [-0.2, -0.15) is 0 Å². The fourth-order valence-electron chi connectivity index (χ4n) is 4.94. The van der Waals surface area contributed by atoms with Crippen molar-refractivity contribution in [3.63, 3.8) is 0 Å². The number of esters is 1. The summed E-state index contributed by atoms with van der Waals surface area (Å²) in [5.74, 6) is -1.21. The quantitative estimate of drug-likeness (QED) is 0.113. The molecule has 48 heavy (non-hydrogen) atoms. The lowest BCUT2D eigenvalue weighted by Gasteiger charge is -2.02. The summed E-state index contributed by atoms with van der Waals surface area (Å²) in [5.41, 5.74) is 10.0. The first-order chi connectivity index (χ1) is 22.7. The third-order valence-electron chi connectivity index (χ3n) is 7.07. The van der Waals surface area contributed by atoms with Crippen molar-refractivity contribution < 1.29 is 37.0 Å². The molecule has 0 aliphatic rings. The molecular formula is C36H38F2N4O6. The molecule has 6 aromatic rings. The summed E-state index contributed by atoms with van der Waals surface area (Å²) in [6.45, 7) is 1.55. The summed E-state index contributed by atoms with van der Waals surface area (Å²) < 4.78 is 43.4. The Hall–Kier alpha value is -5.40. The first kappa shape index (κ1) is 37.1. The van der Waals surface area contributed by atoms with Gasteiger partial charge < -0.3 is 41.2 Å². The molecule has 0 saturated carbocycles. The van der Waals surface area contributed by atoms with Crippen molar-refractivity contribution in [3.8, 4) is 22.6 Å². The smallest absolute Gasteiger partial charge is 0.341 e. The van der Waals surface area contributed by atoms with Crippen molar-refractivity contribution >= 4 is 33.8 Å². The highest BCUT2D eigenvalue weighted by molar-refractivity contribution is 6.05. The molecule has 252 valence electrons. The number of halogens is 2. The van der Waals surface area contributed by atoms with Gasteiger partial charge in [-0.05, 0) is 61.6 Å². The number of benzene rings is 4. The second-order valence-electron chi connectivity index (χ2n) is 10.3. The molecule has 0 aliphatic heterocycles. The predicted octanol–water partition coefficient (Wildman–Crippen LogP) is 6.57. The van der Waals surface area contributed by atoms with Gasteiger partial charge in [0.1, 0.15) is 39.9 Å². The number of furan rings is 2. The Morgan fingerprint density at radius 3 is 1.48 bits per heavy atom. The SMILES string of the molecule is CNCc1ccc(-c2cc3cc(F)cc(C(=O)OC)c3o2)cc1.CNCc1ccc(-c2cc3cc(F)cc(C(N)=O)c3o2)cc1.CO.N. The number of nitrogens with two attached hydrogens (primary N) is 1. The number of methoxy groups -OCH3 is 1. The van der Waals surface area contributed by atoms with Crippen molar-refractivity contribution in [2.75, 3.05) is 28.3 Å². The molecule has 0 spiro atoms. The second kappa shape index (κ2) is 17.0. The molecular weight excluding hydrogens is 622 g/mol. The maximum Gasteiger partial charge on any atom is 0.341 e. The summed E-state index contributed by atoms with van der Waals surface area (Å²) in [6, 6.07) is 23.9. The summed E-state index contributed by atoms with van der Waals surface area (Å²) in [4.78, 5) is 23.2. The van der Waals surface area contributed by atoms with E-state index in [0.29, 0.717) is 33.5 Å². The molecule has 0 bridgehead atoms. The van der Waals surface area contributed by atoms with Crippen molar-refractivity contribution in [1.82, 2.24) is 16.8 Å². The highest BCUT2D eigenvalue weighted by atomic mass is 19.1. The Morgan fingerprint density at radius 1 is 0.708 bits per heavy atom. The number of fused-ring (bicyclic) bond motifs is 2. The van der Waals surface area contributed by atoms with Crippen LogP contribution in [0.1, 0.15) is 31.8 Å². The highest BCUT2D eigenvalue weighted by Crippen LogP contribution is 2.32. The van der Waals surface area contributed by atoms with Crippen LogP contribution in [0.2, 0.25) is 0 Å². The first-order valence-corrected chi connectivity index (χ1v) is 14.5. The van der Waals surface area contributed by atoms with Gasteiger partial charge in [0.15, 0.2) is 0 Å². The topological polar surface area (TPSA) is 175 Å². The fourth-order valence-corrected chi connectivity index (χ4v) is 4.94. The lowest BCUT2D eigenvalue weighted by molar-refractivity contribution is 0.0601. The van der Waals surface area contributed by atoms with Gasteiger partial charge in [0.05, 0.1) is 12.7 Å². The lowest BCUT2D eigenvalue weighted by atomic mass is 10.1. The molecule has 0 fully saturated rings. The number of hydrogen-bond acceptors (Lipinski definition) is 9. The number of carbonyl (C=O) groups is 2. The van der Waals surface area contributed by atoms with Crippen LogP contribution in [0.5, 0.6) is 0 Å². The molecule has 6 rings (SSSR count). The molecule has 0 aliphatic carbocycles. The van der Waals surface area contributed by atoms with E-state index in [2.05, 4.69) is 15.4 Å². The zero-order valence-corrected chi connectivity index (χ0v) is 27.0. The highest BCUT2D eigenvalue weighted by Gasteiger charge is 2.18. The molecule has 2 heterocycles. The minimum Gasteiger partial charge on any atom is -0.465 e. The van der Waals surface area contributed by atoms with Gasteiger partial charge in [-0.25, -0.2) is 13.6 Å². The lowest BCUT2D eigenvalue weighted by Crippen LogP contribution is -2.11. The molecule has 8 N–H and O–H groups in total. The van der Waals surface area contributed by atoms with Gasteiger partial charge in [-0.3, -0.25) is 4.79 Å². The van der Waals surface area contributed by atoms with Crippen LogP contribution in [-0.4, -0.2) is 45.3 Å². The van der Waals surface area contributed by atoms with E-state index < -0.39 is 23.5 Å². The van der Waals surface area contributed by atoms with Crippen molar-refractivity contribution in [2.45, 2.75) is 13.1 Å². The number of aliphatic hydroxyl groups excluding tert-OH is 1. The predicted molar refractivity (Wildman–Crippen MR) is 182 cm³/mol. The molecule has 0 unspecified atom stereocenters. The van der Waals surface area contributed by atoms with E-state index in [1.807, 2.05) is 62.6 Å². The molecule has 1 amide bonds. The molecule has 0 radical (unpaired) electrons. The number of nitrogens with one attached hydrogen (secondary N) is 2. The Kier molecular flexibility index (Phi) is 13.1. The van der Waals surface area contributed by atoms with E-state index in [4.69, 9.17) is 19.7 Å². The van der Waals surface area contributed by atoms with Gasteiger partial charge in [-0.1, -0.05) is 48.5 Å². The average molecular weight is 661 g/mol. The molecule has 4 aromatic carbocycles. The maximum atomic E-state index is 13.7. The summed E-state index contributed by atoms with van der Waals surface area (Å²) in [5, 5.41) is 14.2. The molecule has 12 heteroatoms. The minimum atomic E-state index is -0.713. The first-order valence-electron chi connectivity index (χ1n) is 14.5. The molecule has 0 atom stereocenters. The standard InChI is InChI=1S/C18H16FNO3.C17H15FN2O2.CH4O.H3N/c1-20-10-11-3-5-12(6-4-11)16-8-13-7-14(19)9-15(17(13)23-16)18(21)22-2;1-20-9-10-2-4-11(5-3-10)15-7-12-6-13(18)8-14(17(19)21)16(12)22-15;1-2;/h3-9,20H,10H2,1-2H3;2-8,20H,9H2,1H3,(H2,19,21);2H,1H3;1H3. The van der Waals surface area contributed by atoms with Crippen LogP contribution in [-0.2, 0) is 17.8 Å². The molecule has 0 saturated heterocycles. The fraction of sp³-hybridized carbons (Fsp3) is 0.167. The third kappa shape index (κ3) is 8.49. The van der Waals surface area contributed by atoms with Gasteiger partial charge in [-0.15, -0.1) is 0 Å². The van der Waals surface area contributed by atoms with E-state index in [0.717, 1.165) is 54.6 Å². The summed E-state index contributed by atoms with van der Waals surface area (Å²) in [6.07, 6.45) is 0. The van der Waals surface area contributed by atoms with Crippen LogP contribution in [0, 0.1) is 11.6 Å². The minimum absolute atomic E-state index is 0.